The number of thiocarbonyl (C=S) groups is 2. The Morgan fingerprint density at radius 1 is 0.707 bits per heavy atom. The van der Waals surface area contributed by atoms with Crippen molar-refractivity contribution in [3.8, 4) is 0 Å². The molecule has 0 aromatic heterocycles. The largest absolute Gasteiger partial charge is 4.00 e. The van der Waals surface area contributed by atoms with Gasteiger partial charge in [0.1, 0.15) is 0 Å². The van der Waals surface area contributed by atoms with Gasteiger partial charge >= 0.3 is 21.7 Å². The second kappa shape index (κ2) is 24.2. The Labute approximate surface area is 268 Å². The number of unbranched alkanes of at least 4 members (excludes halogenated alkanes) is 2. The number of anilines is 2. The molecule has 0 saturated heterocycles. The topological polar surface area (TPSA) is 24.1 Å². The van der Waals surface area contributed by atoms with Crippen LogP contribution in [0.25, 0.3) is 0 Å². The van der Waals surface area contributed by atoms with Crippen LogP contribution in [0.3, 0.4) is 0 Å². The van der Waals surface area contributed by atoms with E-state index >= 15 is 0 Å². The molecule has 0 radical (unpaired) electrons. The molecule has 2 N–H and O–H groups in total. The average molecular weight is 635 g/mol. The van der Waals surface area contributed by atoms with Crippen LogP contribution in [0.15, 0.2) is 60.7 Å². The van der Waals surface area contributed by atoms with E-state index in [0.29, 0.717) is 22.8 Å². The first-order valence-electron chi connectivity index (χ1n) is 13.0. The Balaban J connectivity index is 0.000000573. The molecule has 0 heterocycles. The van der Waals surface area contributed by atoms with Crippen LogP contribution in [-0.4, -0.2) is 9.98 Å². The van der Waals surface area contributed by atoms with Gasteiger partial charge < -0.3 is 10.6 Å². The average Bonchev–Trinajstić information content (AvgIpc) is 3.70. The van der Waals surface area contributed by atoms with Crippen LogP contribution in [-0.2, 0) is 21.7 Å². The van der Waals surface area contributed by atoms with Gasteiger partial charge in [-0.05, 0) is 37.1 Å². The maximum Gasteiger partial charge on any atom is 4.00 e. The van der Waals surface area contributed by atoms with E-state index in [1.165, 1.54) is 12.1 Å². The Hall–Kier alpha value is -2.39. The van der Waals surface area contributed by atoms with Crippen LogP contribution >= 0.6 is 24.4 Å². The zero-order chi connectivity index (χ0) is 29.6. The van der Waals surface area contributed by atoms with E-state index < -0.39 is 23.3 Å². The minimum absolute atomic E-state index is 0. The number of allylic oxidation sites excluding steroid dienone is 8. The van der Waals surface area contributed by atoms with Crippen molar-refractivity contribution in [2.24, 2.45) is 0 Å². The summed E-state index contributed by atoms with van der Waals surface area (Å²) in [5, 5.41) is 5.46. The molecule has 2 aliphatic carbocycles. The molecule has 0 fully saturated rings. The van der Waals surface area contributed by atoms with E-state index in [0.717, 1.165) is 50.7 Å². The summed E-state index contributed by atoms with van der Waals surface area (Å²) in [6.07, 6.45) is 25.4. The first-order valence-corrected chi connectivity index (χ1v) is 13.9. The van der Waals surface area contributed by atoms with Crippen LogP contribution in [0.4, 0.5) is 28.9 Å². The first kappa shape index (κ1) is 38.6. The number of rotatable bonds is 8. The van der Waals surface area contributed by atoms with Gasteiger partial charge in [-0.15, -0.1) is 49.2 Å². The van der Waals surface area contributed by atoms with Gasteiger partial charge in [0.2, 0.25) is 0 Å². The zero-order valence-corrected chi connectivity index (χ0v) is 26.5. The molecule has 9 heteroatoms. The van der Waals surface area contributed by atoms with E-state index in [2.05, 4.69) is 48.8 Å². The number of halogens is 4. The summed E-state index contributed by atoms with van der Waals surface area (Å²) in [7, 11) is 0. The number of nitrogens with one attached hydrogen (secondary N) is 2. The molecule has 0 unspecified atom stereocenters. The predicted molar refractivity (Wildman–Crippen MR) is 165 cm³/mol. The Morgan fingerprint density at radius 2 is 1.10 bits per heavy atom. The zero-order valence-electron chi connectivity index (χ0n) is 23.3. The van der Waals surface area contributed by atoms with Gasteiger partial charge in [0.05, 0.1) is 9.98 Å². The van der Waals surface area contributed by atoms with Crippen molar-refractivity contribution < 1.29 is 39.3 Å². The van der Waals surface area contributed by atoms with E-state index in [1.807, 2.05) is 36.4 Å². The Bertz CT molecular complexity index is 1070. The predicted octanol–water partition coefficient (Wildman–Crippen LogP) is 10.00. The Morgan fingerprint density at radius 3 is 1.34 bits per heavy atom. The van der Waals surface area contributed by atoms with Crippen LogP contribution < -0.4 is 10.6 Å². The molecule has 0 aliphatic heterocycles. The van der Waals surface area contributed by atoms with Crippen LogP contribution in [0.2, 0.25) is 0 Å². The summed E-state index contributed by atoms with van der Waals surface area (Å²) in [6.45, 7) is 4.10. The first-order chi connectivity index (χ1) is 19.3. The van der Waals surface area contributed by atoms with E-state index in [1.54, 1.807) is 0 Å². The van der Waals surface area contributed by atoms with Crippen molar-refractivity contribution >= 4 is 45.8 Å². The van der Waals surface area contributed by atoms with Crippen molar-refractivity contribution in [2.75, 3.05) is 10.6 Å². The van der Waals surface area contributed by atoms with Crippen molar-refractivity contribution in [1.82, 2.24) is 0 Å². The molecule has 2 aromatic rings. The van der Waals surface area contributed by atoms with Gasteiger partial charge in [-0.1, -0.05) is 51.1 Å². The van der Waals surface area contributed by atoms with Crippen molar-refractivity contribution in [2.45, 2.75) is 65.2 Å². The van der Waals surface area contributed by atoms with E-state index in [4.69, 9.17) is 24.4 Å². The third-order valence-corrected chi connectivity index (χ3v) is 5.57. The van der Waals surface area contributed by atoms with Crippen LogP contribution in [0.1, 0.15) is 65.2 Å². The number of hydrogen-bond donors (Lipinski definition) is 2. The van der Waals surface area contributed by atoms with Gasteiger partial charge in [0.15, 0.2) is 0 Å². The standard InChI is InChI=1S/2C11H12F2NS.2C5H5.Ti/c2*1-2-3-4-11(15)14-10-6-5-8(12)7-9(10)13;2*1-2-4-5-3-1;/h2*5-6H,2-4H2,1H3,(H,14,15);2*1-3H,4H2;/q4*-1;+4. The van der Waals surface area contributed by atoms with Gasteiger partial charge in [-0.2, -0.15) is 12.2 Å². The molecule has 0 atom stereocenters. The fourth-order valence-corrected chi connectivity index (χ4v) is 3.37. The van der Waals surface area contributed by atoms with Crippen LogP contribution in [0.5, 0.6) is 0 Å². The molecule has 41 heavy (non-hydrogen) atoms. The summed E-state index contributed by atoms with van der Waals surface area (Å²) in [5.74, 6) is -2.90. The molecular weight excluding hydrogens is 600 g/mol. The minimum atomic E-state index is -0.742. The molecular formula is C32H34F4N2S2Ti. The number of hydrogen-bond acceptors (Lipinski definition) is 2. The molecule has 0 amide bonds. The van der Waals surface area contributed by atoms with Gasteiger partial charge in [-0.25, -0.2) is 41.9 Å². The molecule has 216 valence electrons. The molecule has 0 spiro atoms. The number of benzene rings is 2. The monoisotopic (exact) mass is 634 g/mol. The van der Waals surface area contributed by atoms with Crippen molar-refractivity contribution in [1.29, 1.82) is 0 Å². The summed E-state index contributed by atoms with van der Waals surface area (Å²) >= 11 is 10.0. The molecule has 0 bridgehead atoms. The third-order valence-electron chi connectivity index (χ3n) is 4.96. The normalized spacial score (nSPS) is 11.7. The van der Waals surface area contributed by atoms with Crippen molar-refractivity contribution in [3.05, 3.63) is 108 Å². The molecule has 2 nitrogen and oxygen atoms in total. The second-order valence-electron chi connectivity index (χ2n) is 8.38. The van der Waals surface area contributed by atoms with E-state index in [9.17, 15) is 17.6 Å². The van der Waals surface area contributed by atoms with Crippen LogP contribution in [0, 0.1) is 47.6 Å². The summed E-state index contributed by atoms with van der Waals surface area (Å²) < 4.78 is 51.3. The fraction of sp³-hybridized carbons (Fsp3) is 0.312. The Kier molecular flexibility index (Phi) is 22.8. The second-order valence-corrected chi connectivity index (χ2v) is 9.36. The van der Waals surface area contributed by atoms with E-state index in [-0.39, 0.29) is 33.1 Å². The van der Waals surface area contributed by atoms with Gasteiger partial charge in [0, 0.05) is 23.3 Å². The minimum Gasteiger partial charge on any atom is -0.400 e. The summed E-state index contributed by atoms with van der Waals surface area (Å²) in [6, 6.07) is 8.82. The fourth-order valence-electron chi connectivity index (χ4n) is 2.86. The van der Waals surface area contributed by atoms with Gasteiger partial charge in [-0.3, -0.25) is 12.2 Å². The van der Waals surface area contributed by atoms with Gasteiger partial charge in [0.25, 0.3) is 0 Å². The third kappa shape index (κ3) is 19.4. The van der Waals surface area contributed by atoms with Crippen molar-refractivity contribution in [3.63, 3.8) is 0 Å². The molecule has 4 rings (SSSR count). The summed E-state index contributed by atoms with van der Waals surface area (Å²) in [4.78, 5) is 1.13. The molecule has 0 saturated carbocycles. The quantitative estimate of drug-likeness (QED) is 0.131. The summed E-state index contributed by atoms with van der Waals surface area (Å²) in [5.41, 5.74) is 0.356. The maximum absolute atomic E-state index is 13.1. The molecule has 2 aromatic carbocycles. The molecule has 2 aliphatic rings. The SMILES string of the molecule is CCCCC(=S)Nc1ccc(F)[c-]c1F.CCCCC(=S)Nc1ccc(F)[c-]c1F.[C-]1=CC=CC1.[C-]1=CC=CC1.[Ti+4]. The maximum atomic E-state index is 13.1. The smallest absolute Gasteiger partial charge is 0.400 e.